The summed E-state index contributed by atoms with van der Waals surface area (Å²) in [7, 11) is 1.48. The van der Waals surface area contributed by atoms with Crippen molar-refractivity contribution in [2.75, 3.05) is 25.5 Å². The van der Waals surface area contributed by atoms with Gasteiger partial charge in [-0.2, -0.15) is 0 Å². The Morgan fingerprint density at radius 1 is 1.48 bits per heavy atom. The molecule has 1 N–H and O–H groups in total. The molecule has 116 valence electrons. The third kappa shape index (κ3) is 3.01. The van der Waals surface area contributed by atoms with Crippen molar-refractivity contribution in [2.45, 2.75) is 32.4 Å². The molecule has 3 rings (SSSR count). The molecule has 2 unspecified atom stereocenters. The van der Waals surface area contributed by atoms with Crippen LogP contribution in [0.25, 0.3) is 0 Å². The first-order valence-corrected chi connectivity index (χ1v) is 7.37. The molecule has 0 amide bonds. The summed E-state index contributed by atoms with van der Waals surface area (Å²) in [5.41, 5.74) is 4.07. The predicted molar refractivity (Wildman–Crippen MR) is 85.9 cm³/mol. The highest BCUT2D eigenvalue weighted by Crippen LogP contribution is 2.31. The maximum absolute atomic E-state index is 11.7. The lowest BCUT2D eigenvalue weighted by atomic mass is 10.0. The first-order chi connectivity index (χ1) is 9.70. The lowest BCUT2D eigenvalue weighted by molar-refractivity contribution is -0.146. The van der Waals surface area contributed by atoms with Crippen molar-refractivity contribution in [1.82, 2.24) is 4.90 Å². The summed E-state index contributed by atoms with van der Waals surface area (Å²) < 4.78 is 4.90. The van der Waals surface area contributed by atoms with Gasteiger partial charge in [0.25, 0.3) is 0 Å². The normalized spacial score (nSPS) is 24.1. The van der Waals surface area contributed by atoms with Gasteiger partial charge in [0.1, 0.15) is 0 Å². The average molecular weight is 311 g/mol. The fourth-order valence-electron chi connectivity index (χ4n) is 3.45. The van der Waals surface area contributed by atoms with Crippen molar-refractivity contribution in [2.24, 2.45) is 5.92 Å². The second kappa shape index (κ2) is 6.67. The van der Waals surface area contributed by atoms with Gasteiger partial charge in [-0.1, -0.05) is 18.2 Å². The van der Waals surface area contributed by atoms with Crippen LogP contribution in [0.2, 0.25) is 0 Å². The minimum absolute atomic E-state index is 0. The van der Waals surface area contributed by atoms with Crippen LogP contribution in [0.15, 0.2) is 18.2 Å². The third-order valence-corrected chi connectivity index (χ3v) is 4.70. The Labute approximate surface area is 132 Å². The molecule has 0 aliphatic carbocycles. The lowest BCUT2D eigenvalue weighted by Crippen LogP contribution is -2.33. The SMILES string of the molecule is COC(=O)C1CCN(Cc2cccc3c2NCC3)C1C.Cl. The molecule has 0 aromatic heterocycles. The Balaban J connectivity index is 0.00000161. The fourth-order valence-corrected chi connectivity index (χ4v) is 3.45. The van der Waals surface area contributed by atoms with Gasteiger partial charge in [-0.05, 0) is 37.4 Å². The van der Waals surface area contributed by atoms with Crippen molar-refractivity contribution in [3.63, 3.8) is 0 Å². The van der Waals surface area contributed by atoms with E-state index in [2.05, 4.69) is 35.3 Å². The van der Waals surface area contributed by atoms with Crippen molar-refractivity contribution in [3.8, 4) is 0 Å². The zero-order valence-corrected chi connectivity index (χ0v) is 13.4. The van der Waals surface area contributed by atoms with E-state index in [0.29, 0.717) is 0 Å². The van der Waals surface area contributed by atoms with Crippen LogP contribution in [0.4, 0.5) is 5.69 Å². The number of carbonyl (C=O) groups excluding carboxylic acids is 1. The van der Waals surface area contributed by atoms with Gasteiger partial charge in [0, 0.05) is 24.8 Å². The minimum atomic E-state index is -0.0728. The van der Waals surface area contributed by atoms with Gasteiger partial charge < -0.3 is 10.1 Å². The van der Waals surface area contributed by atoms with E-state index in [-0.39, 0.29) is 30.3 Å². The molecule has 1 aromatic carbocycles. The second-order valence-electron chi connectivity index (χ2n) is 5.76. The standard InChI is InChI=1S/C16H22N2O2.ClH/c1-11-14(16(19)20-2)7-9-18(11)10-13-5-3-4-12-6-8-17-15(12)13;/h3-5,11,14,17H,6-10H2,1-2H3;1H. The second-order valence-corrected chi connectivity index (χ2v) is 5.76. The summed E-state index contributed by atoms with van der Waals surface area (Å²) in [5.74, 6) is -0.0545. The van der Waals surface area contributed by atoms with Crippen LogP contribution in [-0.4, -0.2) is 37.1 Å². The van der Waals surface area contributed by atoms with E-state index < -0.39 is 0 Å². The number of benzene rings is 1. The van der Waals surface area contributed by atoms with Gasteiger partial charge in [0.2, 0.25) is 0 Å². The molecule has 21 heavy (non-hydrogen) atoms. The van der Waals surface area contributed by atoms with E-state index in [1.807, 2.05) is 0 Å². The van der Waals surface area contributed by atoms with Crippen LogP contribution in [0.3, 0.4) is 0 Å². The highest BCUT2D eigenvalue weighted by molar-refractivity contribution is 5.85. The van der Waals surface area contributed by atoms with Crippen LogP contribution in [0.5, 0.6) is 0 Å². The molecule has 2 heterocycles. The monoisotopic (exact) mass is 310 g/mol. The number of nitrogens with zero attached hydrogens (tertiary/aromatic N) is 1. The summed E-state index contributed by atoms with van der Waals surface area (Å²) in [4.78, 5) is 14.1. The molecule has 4 nitrogen and oxygen atoms in total. The van der Waals surface area contributed by atoms with Crippen LogP contribution in [0, 0.1) is 5.92 Å². The number of hydrogen-bond acceptors (Lipinski definition) is 4. The molecule has 2 aliphatic rings. The van der Waals surface area contributed by atoms with E-state index in [1.54, 1.807) is 0 Å². The first-order valence-electron chi connectivity index (χ1n) is 7.37. The minimum Gasteiger partial charge on any atom is -0.469 e. The number of hydrogen-bond donors (Lipinski definition) is 1. The van der Waals surface area contributed by atoms with E-state index in [9.17, 15) is 4.79 Å². The summed E-state index contributed by atoms with van der Waals surface area (Å²) >= 11 is 0. The number of anilines is 1. The Bertz CT molecular complexity index is 521. The number of ether oxygens (including phenoxy) is 1. The Kier molecular flexibility index (Phi) is 5.12. The molecule has 0 spiro atoms. The summed E-state index contributed by atoms with van der Waals surface area (Å²) in [6, 6.07) is 6.78. The topological polar surface area (TPSA) is 41.6 Å². The molecule has 0 bridgehead atoms. The molecule has 0 saturated carbocycles. The quantitative estimate of drug-likeness (QED) is 0.871. The summed E-state index contributed by atoms with van der Waals surface area (Å²) in [5, 5.41) is 3.48. The molecule has 1 fully saturated rings. The van der Waals surface area contributed by atoms with E-state index in [0.717, 1.165) is 32.5 Å². The number of esters is 1. The number of para-hydroxylation sites is 1. The Morgan fingerprint density at radius 2 is 2.29 bits per heavy atom. The van der Waals surface area contributed by atoms with Gasteiger partial charge in [-0.25, -0.2) is 0 Å². The van der Waals surface area contributed by atoms with Crippen molar-refractivity contribution in [1.29, 1.82) is 0 Å². The molecular formula is C16H23ClN2O2. The molecule has 2 atom stereocenters. The Hall–Kier alpha value is -1.26. The Morgan fingerprint density at radius 3 is 3.05 bits per heavy atom. The lowest BCUT2D eigenvalue weighted by Gasteiger charge is -2.24. The fraction of sp³-hybridized carbons (Fsp3) is 0.562. The number of nitrogens with one attached hydrogen (secondary N) is 1. The highest BCUT2D eigenvalue weighted by Gasteiger charge is 2.36. The summed E-state index contributed by atoms with van der Waals surface area (Å²) in [6.07, 6.45) is 2.01. The smallest absolute Gasteiger partial charge is 0.310 e. The molecule has 1 saturated heterocycles. The van der Waals surface area contributed by atoms with Gasteiger partial charge in [-0.15, -0.1) is 12.4 Å². The van der Waals surface area contributed by atoms with E-state index in [4.69, 9.17) is 4.74 Å². The van der Waals surface area contributed by atoms with E-state index in [1.165, 1.54) is 23.9 Å². The van der Waals surface area contributed by atoms with Gasteiger partial charge in [0.15, 0.2) is 0 Å². The third-order valence-electron chi connectivity index (χ3n) is 4.70. The maximum Gasteiger partial charge on any atom is 0.310 e. The number of halogens is 1. The number of fused-ring (bicyclic) bond motifs is 1. The van der Waals surface area contributed by atoms with Crippen LogP contribution < -0.4 is 5.32 Å². The first kappa shape index (κ1) is 16.1. The number of methoxy groups -OCH3 is 1. The molecule has 1 aromatic rings. The average Bonchev–Trinajstić information content (AvgIpc) is 3.06. The van der Waals surface area contributed by atoms with Crippen molar-refractivity contribution >= 4 is 24.1 Å². The van der Waals surface area contributed by atoms with E-state index >= 15 is 0 Å². The zero-order chi connectivity index (χ0) is 14.1. The largest absolute Gasteiger partial charge is 0.469 e. The number of rotatable bonds is 3. The van der Waals surface area contributed by atoms with Crippen LogP contribution >= 0.6 is 12.4 Å². The van der Waals surface area contributed by atoms with Crippen molar-refractivity contribution < 1.29 is 9.53 Å². The number of likely N-dealkylation sites (tertiary alicyclic amines) is 1. The van der Waals surface area contributed by atoms with Gasteiger partial charge >= 0.3 is 5.97 Å². The zero-order valence-electron chi connectivity index (χ0n) is 12.6. The molecule has 2 aliphatic heterocycles. The summed E-state index contributed by atoms with van der Waals surface area (Å²) in [6.45, 7) is 5.04. The number of carbonyl (C=O) groups is 1. The maximum atomic E-state index is 11.7. The molecule has 0 radical (unpaired) electrons. The van der Waals surface area contributed by atoms with Gasteiger partial charge in [-0.3, -0.25) is 9.69 Å². The predicted octanol–water partition coefficient (Wildman–Crippen LogP) is 2.46. The van der Waals surface area contributed by atoms with Gasteiger partial charge in [0.05, 0.1) is 13.0 Å². The van der Waals surface area contributed by atoms with Crippen molar-refractivity contribution in [3.05, 3.63) is 29.3 Å². The molecular weight excluding hydrogens is 288 g/mol. The van der Waals surface area contributed by atoms with Crippen LogP contribution in [-0.2, 0) is 22.5 Å². The molecule has 5 heteroatoms. The van der Waals surface area contributed by atoms with Crippen LogP contribution in [0.1, 0.15) is 24.5 Å². The highest BCUT2D eigenvalue weighted by atomic mass is 35.5.